The van der Waals surface area contributed by atoms with Crippen LogP contribution in [0.4, 0.5) is 5.69 Å². The normalized spacial score (nSPS) is 10.8. The van der Waals surface area contributed by atoms with Gasteiger partial charge >= 0.3 is 23.9 Å². The second kappa shape index (κ2) is 4.87. The van der Waals surface area contributed by atoms with Crippen LogP contribution in [0.2, 0.25) is 10.0 Å². The van der Waals surface area contributed by atoms with Gasteiger partial charge in [-0.2, -0.15) is 0 Å². The molecule has 0 aromatic heterocycles. The van der Waals surface area contributed by atoms with Crippen LogP contribution >= 0.6 is 23.2 Å². The van der Waals surface area contributed by atoms with E-state index in [0.29, 0.717) is 4.48 Å². The Hall–Kier alpha value is 0.559. The quantitative estimate of drug-likeness (QED) is 0.544. The molecular formula is C9H16Cl2NSn+. The van der Waals surface area contributed by atoms with Gasteiger partial charge in [-0.25, -0.2) is 0 Å². The Morgan fingerprint density at radius 1 is 1.00 bits per heavy atom. The summed E-state index contributed by atoms with van der Waals surface area (Å²) in [6.07, 6.45) is 0. The summed E-state index contributed by atoms with van der Waals surface area (Å²) in [7, 11) is 6.10. The molecule has 0 spiro atoms. The molecule has 0 heterocycles. The van der Waals surface area contributed by atoms with Gasteiger partial charge < -0.3 is 0 Å². The zero-order valence-electron chi connectivity index (χ0n) is 7.44. The zero-order chi connectivity index (χ0) is 9.35. The summed E-state index contributed by atoms with van der Waals surface area (Å²) in [5.74, 6) is 0. The summed E-state index contributed by atoms with van der Waals surface area (Å²) in [6, 6.07) is 5.56. The molecule has 0 N–H and O–H groups in total. The first kappa shape index (κ1) is 13.6. The molecule has 0 amide bonds. The fraction of sp³-hybridized carbons (Fsp3) is 0.333. The van der Waals surface area contributed by atoms with E-state index in [0.717, 1.165) is 15.7 Å². The van der Waals surface area contributed by atoms with Gasteiger partial charge in [-0.3, -0.25) is 4.48 Å². The molecule has 0 bridgehead atoms. The Morgan fingerprint density at radius 2 is 1.38 bits per heavy atom. The number of para-hydroxylation sites is 1. The van der Waals surface area contributed by atoms with Gasteiger partial charge in [0.25, 0.3) is 0 Å². The van der Waals surface area contributed by atoms with Crippen LogP contribution in [0.3, 0.4) is 0 Å². The fourth-order valence-corrected chi connectivity index (χ4v) is 2.03. The van der Waals surface area contributed by atoms with Gasteiger partial charge in [-0.15, -0.1) is 0 Å². The minimum absolute atomic E-state index is 0. The van der Waals surface area contributed by atoms with Gasteiger partial charge in [-0.1, -0.05) is 29.3 Å². The zero-order valence-corrected chi connectivity index (χ0v) is 8.95. The van der Waals surface area contributed by atoms with Gasteiger partial charge in [0.1, 0.15) is 10.0 Å². The van der Waals surface area contributed by atoms with Gasteiger partial charge in [0.15, 0.2) is 5.69 Å². The first-order valence-corrected chi connectivity index (χ1v) is 4.44. The topological polar surface area (TPSA) is 0 Å². The SMILES string of the molecule is C[N+](C)(C)c1c(Cl)cccc1Cl.[SnH4]. The first-order valence-electron chi connectivity index (χ1n) is 3.69. The summed E-state index contributed by atoms with van der Waals surface area (Å²) in [5, 5.41) is 1.44. The molecule has 74 valence electrons. The molecule has 1 aromatic carbocycles. The van der Waals surface area contributed by atoms with Crippen molar-refractivity contribution < 1.29 is 0 Å². The van der Waals surface area contributed by atoms with Crippen molar-refractivity contribution in [1.82, 2.24) is 4.48 Å². The number of nitrogens with zero attached hydrogens (tertiary/aromatic N) is 1. The predicted molar refractivity (Wildman–Crippen MR) is 67.4 cm³/mol. The Kier molecular flexibility index (Phi) is 5.08. The number of rotatable bonds is 1. The second-order valence-corrected chi connectivity index (χ2v) is 4.40. The molecule has 0 unspecified atom stereocenters. The van der Waals surface area contributed by atoms with E-state index < -0.39 is 0 Å². The average Bonchev–Trinajstić information content (AvgIpc) is 1.82. The predicted octanol–water partition coefficient (Wildman–Crippen LogP) is 1.74. The molecule has 0 atom stereocenters. The first-order chi connectivity index (χ1) is 5.43. The monoisotopic (exact) mass is 328 g/mol. The Bertz CT molecular complexity index is 274. The molecule has 0 aliphatic carbocycles. The third kappa shape index (κ3) is 3.31. The minimum atomic E-state index is 0. The molecule has 0 aliphatic heterocycles. The molecule has 0 fully saturated rings. The van der Waals surface area contributed by atoms with Gasteiger partial charge in [0.05, 0.1) is 21.1 Å². The number of hydrogen-bond donors (Lipinski definition) is 0. The molecule has 1 aromatic rings. The summed E-state index contributed by atoms with van der Waals surface area (Å²) in [4.78, 5) is 0. The van der Waals surface area contributed by atoms with E-state index in [1.807, 2.05) is 39.3 Å². The van der Waals surface area contributed by atoms with Crippen molar-refractivity contribution in [3.05, 3.63) is 28.2 Å². The summed E-state index contributed by atoms with van der Waals surface area (Å²) in [6.45, 7) is 0. The van der Waals surface area contributed by atoms with Crippen LogP contribution in [0.25, 0.3) is 0 Å². The Morgan fingerprint density at radius 3 is 1.62 bits per heavy atom. The van der Waals surface area contributed by atoms with Crippen molar-refractivity contribution in [2.75, 3.05) is 21.1 Å². The van der Waals surface area contributed by atoms with E-state index in [1.165, 1.54) is 0 Å². The maximum absolute atomic E-state index is 6.01. The number of quaternary nitrogens is 1. The van der Waals surface area contributed by atoms with E-state index in [-0.39, 0.29) is 23.9 Å². The van der Waals surface area contributed by atoms with Gasteiger partial charge in [0.2, 0.25) is 0 Å². The van der Waals surface area contributed by atoms with Crippen LogP contribution in [0, 0.1) is 0 Å². The molecule has 0 radical (unpaired) electrons. The van der Waals surface area contributed by atoms with Crippen molar-refractivity contribution in [1.29, 1.82) is 0 Å². The molecular weight excluding hydrogens is 312 g/mol. The molecule has 0 aliphatic rings. The second-order valence-electron chi connectivity index (χ2n) is 3.58. The van der Waals surface area contributed by atoms with Crippen LogP contribution < -0.4 is 4.48 Å². The molecule has 13 heavy (non-hydrogen) atoms. The number of hydrogen-bond acceptors (Lipinski definition) is 0. The summed E-state index contributed by atoms with van der Waals surface area (Å²) in [5.41, 5.74) is 0.959. The van der Waals surface area contributed by atoms with Crippen molar-refractivity contribution >= 4 is 52.8 Å². The van der Waals surface area contributed by atoms with Crippen molar-refractivity contribution in [3.63, 3.8) is 0 Å². The molecule has 0 saturated heterocycles. The molecule has 1 nitrogen and oxygen atoms in total. The number of halogens is 2. The third-order valence-corrected chi connectivity index (χ3v) is 2.22. The van der Waals surface area contributed by atoms with Crippen molar-refractivity contribution in [3.8, 4) is 0 Å². The summed E-state index contributed by atoms with van der Waals surface area (Å²) < 4.78 is 0.637. The van der Waals surface area contributed by atoms with Crippen LogP contribution in [-0.4, -0.2) is 45.1 Å². The number of benzene rings is 1. The maximum atomic E-state index is 6.01. The van der Waals surface area contributed by atoms with Crippen molar-refractivity contribution in [2.24, 2.45) is 0 Å². The van der Waals surface area contributed by atoms with Crippen LogP contribution in [-0.2, 0) is 0 Å². The Balaban J connectivity index is 0.00000144. The molecule has 0 saturated carbocycles. The van der Waals surface area contributed by atoms with E-state index in [4.69, 9.17) is 23.2 Å². The molecule has 1 rings (SSSR count). The van der Waals surface area contributed by atoms with Crippen LogP contribution in [0.5, 0.6) is 0 Å². The standard InChI is InChI=1S/C9H12Cl2N.Sn.4H/c1-12(2,3)9-7(10)5-4-6-8(9)11;;;;;/h4-6H,1-3H3;;;;;/q+1;;;;;. The van der Waals surface area contributed by atoms with E-state index in [9.17, 15) is 0 Å². The van der Waals surface area contributed by atoms with E-state index in [1.54, 1.807) is 0 Å². The van der Waals surface area contributed by atoms with Gasteiger partial charge in [-0.05, 0) is 12.1 Å². The van der Waals surface area contributed by atoms with E-state index in [2.05, 4.69) is 0 Å². The van der Waals surface area contributed by atoms with Crippen LogP contribution in [0.15, 0.2) is 18.2 Å². The van der Waals surface area contributed by atoms with Gasteiger partial charge in [0, 0.05) is 0 Å². The fourth-order valence-electron chi connectivity index (χ4n) is 1.13. The summed E-state index contributed by atoms with van der Waals surface area (Å²) >= 11 is 12.0. The Labute approximate surface area is 106 Å². The van der Waals surface area contributed by atoms with Crippen LogP contribution in [0.1, 0.15) is 0 Å². The molecule has 4 heteroatoms. The van der Waals surface area contributed by atoms with E-state index >= 15 is 0 Å². The third-order valence-electron chi connectivity index (χ3n) is 1.61. The van der Waals surface area contributed by atoms with Crippen molar-refractivity contribution in [2.45, 2.75) is 0 Å². The average molecular weight is 328 g/mol.